The molecule has 298 valence electrons. The van der Waals surface area contributed by atoms with Gasteiger partial charge in [-0.25, -0.2) is 0 Å². The summed E-state index contributed by atoms with van der Waals surface area (Å²) in [6, 6.07) is 48.4. The average Bonchev–Trinajstić information content (AvgIpc) is 3.81. The van der Waals surface area contributed by atoms with E-state index in [1.807, 2.05) is 67.6 Å². The summed E-state index contributed by atoms with van der Waals surface area (Å²) in [6.45, 7) is 1.91. The SMILES string of the molecule is C/C=C/C=C\C=C/N=C(/C=C(\N)c1c(O)c(O)c(O)c(O)c1O)c1ccc(-n2c3ccccc3c3cc(-c4ccc5c(c4)c4ccccc4n5-c4ccccc4)ccc32)cc1. The summed E-state index contributed by atoms with van der Waals surface area (Å²) in [4.78, 5) is 4.62. The van der Waals surface area contributed by atoms with Gasteiger partial charge < -0.3 is 40.4 Å². The number of nitrogens with two attached hydrogens (primary N) is 1. The molecule has 0 fully saturated rings. The van der Waals surface area contributed by atoms with E-state index in [1.54, 1.807) is 12.3 Å². The normalized spacial score (nSPS) is 12.7. The van der Waals surface area contributed by atoms with Crippen LogP contribution in [0, 0.1) is 0 Å². The van der Waals surface area contributed by atoms with Gasteiger partial charge in [0.25, 0.3) is 0 Å². The predicted octanol–water partition coefficient (Wildman–Crippen LogP) is 11.5. The lowest BCUT2D eigenvalue weighted by Crippen LogP contribution is -2.05. The Morgan fingerprint density at radius 3 is 1.52 bits per heavy atom. The van der Waals surface area contributed by atoms with Crippen molar-refractivity contribution in [3.63, 3.8) is 0 Å². The maximum atomic E-state index is 10.6. The van der Waals surface area contributed by atoms with Crippen molar-refractivity contribution >= 4 is 55.0 Å². The first-order valence-corrected chi connectivity index (χ1v) is 19.7. The molecule has 0 aliphatic heterocycles. The minimum atomic E-state index is -1.07. The molecule has 0 aliphatic rings. The molecule has 0 unspecified atom stereocenters. The molecular weight excluding hydrogens is 761 g/mol. The van der Waals surface area contributed by atoms with Gasteiger partial charge in [0.05, 0.1) is 33.3 Å². The number of rotatable bonds is 9. The quantitative estimate of drug-likeness (QED) is 0.0370. The lowest BCUT2D eigenvalue weighted by Gasteiger charge is -2.13. The van der Waals surface area contributed by atoms with Crippen LogP contribution in [0.25, 0.3) is 71.8 Å². The van der Waals surface area contributed by atoms with Crippen molar-refractivity contribution in [3.05, 3.63) is 193 Å². The highest BCUT2D eigenvalue weighted by molar-refractivity contribution is 6.14. The lowest BCUT2D eigenvalue weighted by atomic mass is 10.0. The van der Waals surface area contributed by atoms with Gasteiger partial charge in [0.2, 0.25) is 17.2 Å². The number of hydrogen-bond donors (Lipinski definition) is 6. The molecule has 7 aromatic carbocycles. The largest absolute Gasteiger partial charge is 0.504 e. The van der Waals surface area contributed by atoms with E-state index in [9.17, 15) is 25.5 Å². The number of benzene rings is 7. The molecule has 2 aromatic heterocycles. The third-order valence-corrected chi connectivity index (χ3v) is 10.9. The van der Waals surface area contributed by atoms with Gasteiger partial charge in [-0.3, -0.25) is 4.99 Å². The van der Waals surface area contributed by atoms with Crippen molar-refractivity contribution in [2.75, 3.05) is 0 Å². The van der Waals surface area contributed by atoms with Gasteiger partial charge in [-0.1, -0.05) is 103 Å². The minimum Gasteiger partial charge on any atom is -0.504 e. The van der Waals surface area contributed by atoms with Crippen molar-refractivity contribution in [2.24, 2.45) is 10.7 Å². The van der Waals surface area contributed by atoms with E-state index in [0.29, 0.717) is 11.3 Å². The number of aliphatic imine (C=N–C) groups is 1. The van der Waals surface area contributed by atoms with Gasteiger partial charge in [0.1, 0.15) is 0 Å². The molecule has 0 amide bonds. The first-order chi connectivity index (χ1) is 29.7. The van der Waals surface area contributed by atoms with Crippen LogP contribution in [0.2, 0.25) is 0 Å². The highest BCUT2D eigenvalue weighted by Gasteiger charge is 2.25. The maximum absolute atomic E-state index is 10.6. The Balaban J connectivity index is 1.12. The topological polar surface area (TPSA) is 149 Å². The van der Waals surface area contributed by atoms with Gasteiger partial charge >= 0.3 is 0 Å². The van der Waals surface area contributed by atoms with Crippen LogP contribution in [0.3, 0.4) is 0 Å². The fourth-order valence-electron chi connectivity index (χ4n) is 8.01. The van der Waals surface area contributed by atoms with E-state index in [-0.39, 0.29) is 5.70 Å². The number of aromatic hydroxyl groups is 5. The molecule has 7 N–H and O–H groups in total. The monoisotopic (exact) mass is 800 g/mol. The fourth-order valence-corrected chi connectivity index (χ4v) is 8.01. The van der Waals surface area contributed by atoms with E-state index in [1.165, 1.54) is 16.8 Å². The molecule has 0 bridgehead atoms. The van der Waals surface area contributed by atoms with Crippen molar-refractivity contribution < 1.29 is 25.5 Å². The van der Waals surface area contributed by atoms with Crippen LogP contribution in [0.5, 0.6) is 28.7 Å². The second kappa shape index (κ2) is 15.7. The number of hydrogen-bond acceptors (Lipinski definition) is 7. The molecule has 0 aliphatic carbocycles. The lowest BCUT2D eigenvalue weighted by molar-refractivity contribution is 0.327. The van der Waals surface area contributed by atoms with E-state index < -0.39 is 34.3 Å². The number of phenolic OH excluding ortho intramolecular Hbond substituents is 5. The van der Waals surface area contributed by atoms with Crippen molar-refractivity contribution in [3.8, 4) is 51.2 Å². The first kappa shape index (κ1) is 38.1. The highest BCUT2D eigenvalue weighted by atomic mass is 16.4. The second-order valence-corrected chi connectivity index (χ2v) is 14.5. The summed E-state index contributed by atoms with van der Waals surface area (Å²) in [5, 5.41) is 56.0. The zero-order valence-corrected chi connectivity index (χ0v) is 33.0. The summed E-state index contributed by atoms with van der Waals surface area (Å²) < 4.78 is 4.54. The van der Waals surface area contributed by atoms with Crippen LogP contribution in [-0.2, 0) is 0 Å². The van der Waals surface area contributed by atoms with E-state index >= 15 is 0 Å². The molecule has 0 radical (unpaired) electrons. The number of phenols is 5. The maximum Gasteiger partial charge on any atom is 0.208 e. The van der Waals surface area contributed by atoms with Crippen LogP contribution in [0.1, 0.15) is 18.1 Å². The molecule has 9 aromatic rings. The molecule has 0 atom stereocenters. The van der Waals surface area contributed by atoms with E-state index in [0.717, 1.165) is 55.3 Å². The molecule has 61 heavy (non-hydrogen) atoms. The Morgan fingerprint density at radius 1 is 0.492 bits per heavy atom. The molecular formula is C52H40N4O5. The molecule has 9 rings (SSSR count). The number of fused-ring (bicyclic) bond motifs is 6. The number of allylic oxidation sites excluding steroid dienone is 6. The van der Waals surface area contributed by atoms with Crippen molar-refractivity contribution in [1.29, 1.82) is 0 Å². The van der Waals surface area contributed by atoms with Gasteiger partial charge in [-0.15, -0.1) is 0 Å². The Bertz CT molecular complexity index is 3280. The van der Waals surface area contributed by atoms with Gasteiger partial charge in [0, 0.05) is 50.4 Å². The van der Waals surface area contributed by atoms with Crippen LogP contribution in [0.4, 0.5) is 0 Å². The smallest absolute Gasteiger partial charge is 0.208 e. The van der Waals surface area contributed by atoms with Crippen LogP contribution < -0.4 is 5.73 Å². The fraction of sp³-hybridized carbons (Fsp3) is 0.0192. The Kier molecular flexibility index (Phi) is 9.83. The highest BCUT2D eigenvalue weighted by Crippen LogP contribution is 2.52. The Morgan fingerprint density at radius 2 is 0.967 bits per heavy atom. The zero-order valence-electron chi connectivity index (χ0n) is 33.0. The third-order valence-electron chi connectivity index (χ3n) is 10.9. The summed E-state index contributed by atoms with van der Waals surface area (Å²) in [6.07, 6.45) is 12.1. The van der Waals surface area contributed by atoms with Crippen molar-refractivity contribution in [1.82, 2.24) is 9.13 Å². The van der Waals surface area contributed by atoms with E-state index in [4.69, 9.17) is 5.73 Å². The number of aromatic nitrogens is 2. The van der Waals surface area contributed by atoms with Crippen LogP contribution in [-0.4, -0.2) is 40.4 Å². The van der Waals surface area contributed by atoms with E-state index in [2.05, 4.69) is 117 Å². The molecule has 0 spiro atoms. The average molecular weight is 801 g/mol. The Labute approximate surface area is 350 Å². The summed E-state index contributed by atoms with van der Waals surface area (Å²) >= 11 is 0. The summed E-state index contributed by atoms with van der Waals surface area (Å²) in [7, 11) is 0. The number of para-hydroxylation sites is 3. The van der Waals surface area contributed by atoms with Crippen LogP contribution >= 0.6 is 0 Å². The van der Waals surface area contributed by atoms with Crippen LogP contribution in [0.15, 0.2) is 187 Å². The second-order valence-electron chi connectivity index (χ2n) is 14.5. The Hall–Kier alpha value is -8.43. The zero-order chi connectivity index (χ0) is 42.2. The third kappa shape index (κ3) is 6.70. The minimum absolute atomic E-state index is 0.222. The summed E-state index contributed by atoms with van der Waals surface area (Å²) in [5.74, 6) is -4.91. The molecule has 9 heteroatoms. The standard InChI is InChI=1S/C52H40N4O5/c1-2-3-4-5-13-28-54-42(31-41(53)47-48(57)50(59)52(61)51(60)49(47)58)32-20-24-36(25-21-32)56-44-19-12-10-17-38(44)40-30-34(23-27-46(40)56)33-22-26-45-39(29-33)37-16-9-11-18-43(37)55(45)35-14-7-6-8-15-35/h2-31,57-61H,53H2,1H3/b3-2+,5-4-,28-13-,41-31-,54-42-. The van der Waals surface area contributed by atoms with Crippen molar-refractivity contribution in [2.45, 2.75) is 6.92 Å². The molecule has 0 saturated carbocycles. The number of nitrogens with zero attached hydrogens (tertiary/aromatic N) is 3. The van der Waals surface area contributed by atoms with Gasteiger partial charge in [0.15, 0.2) is 11.5 Å². The molecule has 2 heterocycles. The molecule has 0 saturated heterocycles. The van der Waals surface area contributed by atoms with Gasteiger partial charge in [-0.05, 0) is 90.9 Å². The predicted molar refractivity (Wildman–Crippen MR) is 247 cm³/mol. The summed E-state index contributed by atoms with van der Waals surface area (Å²) in [5.41, 5.74) is 15.3. The molecule has 9 nitrogen and oxygen atoms in total. The first-order valence-electron chi connectivity index (χ1n) is 19.7. The van der Waals surface area contributed by atoms with Gasteiger partial charge in [-0.2, -0.15) is 0 Å².